The normalized spacial score (nSPS) is 13.8. The molecule has 0 bridgehead atoms. The number of hydrogen-bond acceptors (Lipinski definition) is 8. The highest BCUT2D eigenvalue weighted by Crippen LogP contribution is 2.43. The number of rotatable bonds is 58. The first-order valence-electron chi connectivity index (χ1n) is 31.4. The fourth-order valence-corrected chi connectivity index (χ4v) is 9.30. The number of carbonyl (C=O) groups excluding carboxylic acids is 2. The molecule has 0 aromatic heterocycles. The SMILES string of the molecule is CC/C=C\C/C=C\C/C=C\C/C=C\C/C=C\C/C=C\CCCCCCCCCCCCC(=O)OC(COC(=O)CCCCCCCCCCCCCC/C=C\C/C=C\C/C=C\CCCCCCC)COP(=O)(O)OCCN. The van der Waals surface area contributed by atoms with E-state index >= 15 is 0 Å². The summed E-state index contributed by atoms with van der Waals surface area (Å²) in [6.45, 7) is 3.62. The van der Waals surface area contributed by atoms with Crippen molar-refractivity contribution >= 4 is 19.8 Å². The topological polar surface area (TPSA) is 134 Å². The Balaban J connectivity index is 3.98. The second-order valence-corrected chi connectivity index (χ2v) is 22.0. The third-order valence-corrected chi connectivity index (χ3v) is 14.1. The van der Waals surface area contributed by atoms with Gasteiger partial charge in [-0.25, -0.2) is 4.57 Å². The van der Waals surface area contributed by atoms with E-state index in [0.29, 0.717) is 6.42 Å². The molecule has 3 N–H and O–H groups in total. The van der Waals surface area contributed by atoms with Crippen LogP contribution in [0, 0.1) is 0 Å². The van der Waals surface area contributed by atoms with Crippen molar-refractivity contribution in [2.45, 2.75) is 277 Å². The highest BCUT2D eigenvalue weighted by molar-refractivity contribution is 7.47. The van der Waals surface area contributed by atoms with E-state index in [1.54, 1.807) is 0 Å². The fraction of sp³-hybridized carbons (Fsp3) is 0.701. The second-order valence-electron chi connectivity index (χ2n) is 20.5. The zero-order valence-corrected chi connectivity index (χ0v) is 50.3. The van der Waals surface area contributed by atoms with Crippen molar-refractivity contribution in [2.24, 2.45) is 5.73 Å². The van der Waals surface area contributed by atoms with Gasteiger partial charge in [0.25, 0.3) is 0 Å². The highest BCUT2D eigenvalue weighted by Gasteiger charge is 2.26. The Hall–Kier alpha value is -3.33. The molecule has 10 heteroatoms. The lowest BCUT2D eigenvalue weighted by Gasteiger charge is -2.19. The molecule has 0 aromatic rings. The third-order valence-electron chi connectivity index (χ3n) is 13.1. The van der Waals surface area contributed by atoms with Gasteiger partial charge >= 0.3 is 19.8 Å². The van der Waals surface area contributed by atoms with Gasteiger partial charge in [-0.1, -0.05) is 264 Å². The van der Waals surface area contributed by atoms with Crippen molar-refractivity contribution in [3.63, 3.8) is 0 Å². The number of allylic oxidation sites excluding steroid dienone is 18. The Morgan fingerprint density at radius 3 is 1.06 bits per heavy atom. The van der Waals surface area contributed by atoms with Gasteiger partial charge in [0.05, 0.1) is 13.2 Å². The molecule has 2 atom stereocenters. The number of nitrogens with two attached hydrogens (primary N) is 1. The van der Waals surface area contributed by atoms with E-state index in [1.807, 2.05) is 0 Å². The van der Waals surface area contributed by atoms with Crippen molar-refractivity contribution < 1.29 is 37.6 Å². The number of phosphoric acid groups is 1. The molecule has 0 aliphatic carbocycles. The molecule has 0 fully saturated rings. The first-order chi connectivity index (χ1) is 37.8. The van der Waals surface area contributed by atoms with Gasteiger partial charge in [-0.3, -0.25) is 18.6 Å². The Kier molecular flexibility index (Phi) is 59.2. The van der Waals surface area contributed by atoms with E-state index < -0.39 is 26.5 Å². The maximum atomic E-state index is 12.7. The number of esters is 2. The average Bonchev–Trinajstić information content (AvgIpc) is 3.42. The van der Waals surface area contributed by atoms with Crippen molar-refractivity contribution in [3.05, 3.63) is 109 Å². The lowest BCUT2D eigenvalue weighted by atomic mass is 10.0. The van der Waals surface area contributed by atoms with Crippen LogP contribution in [0.5, 0.6) is 0 Å². The van der Waals surface area contributed by atoms with Crippen LogP contribution in [0.2, 0.25) is 0 Å². The van der Waals surface area contributed by atoms with Crippen molar-refractivity contribution in [3.8, 4) is 0 Å². The molecule has 0 aliphatic rings. The largest absolute Gasteiger partial charge is 0.472 e. The van der Waals surface area contributed by atoms with Crippen LogP contribution in [0.4, 0.5) is 0 Å². The van der Waals surface area contributed by atoms with Crippen molar-refractivity contribution in [1.29, 1.82) is 0 Å². The molecule has 2 unspecified atom stereocenters. The van der Waals surface area contributed by atoms with Crippen LogP contribution in [0.1, 0.15) is 271 Å². The summed E-state index contributed by atoms with van der Waals surface area (Å²) < 4.78 is 33.1. The van der Waals surface area contributed by atoms with Gasteiger partial charge in [0, 0.05) is 19.4 Å². The summed E-state index contributed by atoms with van der Waals surface area (Å²) in [6.07, 6.45) is 84.3. The molecule has 77 heavy (non-hydrogen) atoms. The summed E-state index contributed by atoms with van der Waals surface area (Å²) in [5.41, 5.74) is 5.39. The van der Waals surface area contributed by atoms with Gasteiger partial charge in [0.15, 0.2) is 6.10 Å². The monoisotopic (exact) mass is 1090 g/mol. The van der Waals surface area contributed by atoms with Crippen LogP contribution in [-0.2, 0) is 32.7 Å². The predicted octanol–water partition coefficient (Wildman–Crippen LogP) is 20.2. The molecule has 0 aromatic carbocycles. The van der Waals surface area contributed by atoms with Crippen LogP contribution >= 0.6 is 7.82 Å². The van der Waals surface area contributed by atoms with Gasteiger partial charge in [0.1, 0.15) is 6.61 Å². The zero-order valence-electron chi connectivity index (χ0n) is 49.4. The van der Waals surface area contributed by atoms with E-state index in [4.69, 9.17) is 24.3 Å². The van der Waals surface area contributed by atoms with Crippen LogP contribution in [0.25, 0.3) is 0 Å². The van der Waals surface area contributed by atoms with Crippen LogP contribution in [-0.4, -0.2) is 49.3 Å². The maximum Gasteiger partial charge on any atom is 0.472 e. The molecule has 0 aliphatic heterocycles. The number of unbranched alkanes of at least 4 members (excludes halogenated alkanes) is 27. The minimum Gasteiger partial charge on any atom is -0.462 e. The molecule has 0 heterocycles. The van der Waals surface area contributed by atoms with Gasteiger partial charge in [-0.15, -0.1) is 0 Å². The first kappa shape index (κ1) is 73.7. The summed E-state index contributed by atoms with van der Waals surface area (Å²) in [6, 6.07) is 0. The minimum atomic E-state index is -4.40. The highest BCUT2D eigenvalue weighted by atomic mass is 31.2. The Labute approximate surface area is 473 Å². The number of hydrogen-bond donors (Lipinski definition) is 2. The third kappa shape index (κ3) is 61.7. The molecule has 0 saturated carbocycles. The van der Waals surface area contributed by atoms with Crippen LogP contribution in [0.15, 0.2) is 109 Å². The quantitative estimate of drug-likeness (QED) is 0.0264. The number of carbonyl (C=O) groups is 2. The standard InChI is InChI=1S/C67H116NO8P/c1-3-5-7-9-11-13-15-17-19-21-23-25-27-29-31-32-34-36-38-40-42-44-46-48-50-52-54-56-58-60-67(70)76-65(64-75-77(71,72)74-62-61-68)63-73-66(69)59-57-55-53-51-49-47-45-43-41-39-37-35-33-30-28-26-24-22-20-18-16-14-12-10-8-6-4-2/h5,7,11,13,16-19,22-25,28-31,34,36,65H,3-4,6,8-10,12,14-15,20-21,26-27,32-33,35,37-64,68H2,1-2H3,(H,71,72)/b7-5-,13-11-,18-16-,19-17-,24-22-,25-23-,30-28-,31-29-,36-34-. The summed E-state index contributed by atoms with van der Waals surface area (Å²) >= 11 is 0. The zero-order chi connectivity index (χ0) is 55.9. The fourth-order valence-electron chi connectivity index (χ4n) is 8.53. The van der Waals surface area contributed by atoms with Crippen molar-refractivity contribution in [2.75, 3.05) is 26.4 Å². The van der Waals surface area contributed by atoms with E-state index in [-0.39, 0.29) is 38.6 Å². The Bertz CT molecular complexity index is 1630. The summed E-state index contributed by atoms with van der Waals surface area (Å²) in [7, 11) is -4.40. The molecule has 0 saturated heterocycles. The van der Waals surface area contributed by atoms with Gasteiger partial charge in [-0.05, 0) is 103 Å². The molecule has 0 radical (unpaired) electrons. The molecule has 442 valence electrons. The first-order valence-corrected chi connectivity index (χ1v) is 32.9. The number of phosphoric ester groups is 1. The van der Waals surface area contributed by atoms with E-state index in [2.05, 4.69) is 123 Å². The predicted molar refractivity (Wildman–Crippen MR) is 330 cm³/mol. The maximum absolute atomic E-state index is 12.7. The molecular weight excluding hydrogens is 978 g/mol. The Morgan fingerprint density at radius 1 is 0.403 bits per heavy atom. The van der Waals surface area contributed by atoms with Gasteiger partial charge < -0.3 is 20.1 Å². The van der Waals surface area contributed by atoms with Crippen LogP contribution in [0.3, 0.4) is 0 Å². The van der Waals surface area contributed by atoms with E-state index in [1.165, 1.54) is 141 Å². The summed E-state index contributed by atoms with van der Waals surface area (Å²) in [5.74, 6) is -0.835. The summed E-state index contributed by atoms with van der Waals surface area (Å²) in [4.78, 5) is 35.3. The lowest BCUT2D eigenvalue weighted by molar-refractivity contribution is -0.161. The lowest BCUT2D eigenvalue weighted by Crippen LogP contribution is -2.29. The van der Waals surface area contributed by atoms with E-state index in [9.17, 15) is 19.0 Å². The van der Waals surface area contributed by atoms with Gasteiger partial charge in [-0.2, -0.15) is 0 Å². The second kappa shape index (κ2) is 61.9. The number of ether oxygens (including phenoxy) is 2. The molecule has 9 nitrogen and oxygen atoms in total. The molecular formula is C67H116NO8P. The van der Waals surface area contributed by atoms with Gasteiger partial charge in [0.2, 0.25) is 0 Å². The molecule has 0 spiro atoms. The molecule has 0 amide bonds. The molecule has 0 rings (SSSR count). The summed E-state index contributed by atoms with van der Waals surface area (Å²) in [5, 5.41) is 0. The van der Waals surface area contributed by atoms with Crippen LogP contribution < -0.4 is 5.73 Å². The minimum absolute atomic E-state index is 0.0477. The average molecular weight is 1090 g/mol. The van der Waals surface area contributed by atoms with E-state index in [0.717, 1.165) is 96.3 Å². The smallest absolute Gasteiger partial charge is 0.462 e. The Morgan fingerprint density at radius 2 is 0.714 bits per heavy atom. The van der Waals surface area contributed by atoms with Crippen molar-refractivity contribution in [1.82, 2.24) is 0 Å².